The Morgan fingerprint density at radius 1 is 1.13 bits per heavy atom. The number of rotatable bonds is 7. The number of aryl methyl sites for hydroxylation is 1. The van der Waals surface area contributed by atoms with Crippen molar-refractivity contribution in [2.45, 2.75) is 24.9 Å². The van der Waals surface area contributed by atoms with Crippen molar-refractivity contribution in [2.75, 3.05) is 14.1 Å². The number of hydrogen-bond donors (Lipinski definition) is 1. The van der Waals surface area contributed by atoms with Gasteiger partial charge in [0.1, 0.15) is 12.2 Å². The van der Waals surface area contributed by atoms with Gasteiger partial charge in [-0.15, -0.1) is 11.3 Å². The van der Waals surface area contributed by atoms with E-state index in [1.807, 2.05) is 19.1 Å². The molecule has 158 valence electrons. The van der Waals surface area contributed by atoms with Gasteiger partial charge in [0, 0.05) is 31.6 Å². The molecule has 2 heterocycles. The number of carbonyl (C=O) groups is 1. The summed E-state index contributed by atoms with van der Waals surface area (Å²) in [6.07, 6.45) is 0. The van der Waals surface area contributed by atoms with Crippen LogP contribution in [-0.4, -0.2) is 42.5 Å². The molecule has 0 atom stereocenters. The molecule has 2 aromatic heterocycles. The molecular formula is C20H22N4O4S2. The van der Waals surface area contributed by atoms with Crippen LogP contribution in [-0.2, 0) is 27.9 Å². The summed E-state index contributed by atoms with van der Waals surface area (Å²) in [4.78, 5) is 26.7. The maximum atomic E-state index is 12.5. The zero-order valence-electron chi connectivity index (χ0n) is 16.8. The van der Waals surface area contributed by atoms with Crippen LogP contribution in [0.4, 0.5) is 0 Å². The molecule has 1 amide bonds. The molecule has 30 heavy (non-hydrogen) atoms. The van der Waals surface area contributed by atoms with E-state index in [4.69, 9.17) is 0 Å². The molecule has 0 saturated carbocycles. The zero-order chi connectivity index (χ0) is 21.9. The lowest BCUT2D eigenvalue weighted by molar-refractivity contribution is -0.122. The predicted molar refractivity (Wildman–Crippen MR) is 116 cm³/mol. The number of hydrogen-bond acceptors (Lipinski definition) is 6. The van der Waals surface area contributed by atoms with Crippen LogP contribution in [0.2, 0.25) is 0 Å². The molecule has 0 spiro atoms. The lowest BCUT2D eigenvalue weighted by Gasteiger charge is -2.15. The number of nitrogens with one attached hydrogen (secondary N) is 1. The van der Waals surface area contributed by atoms with Crippen LogP contribution < -0.4 is 10.9 Å². The van der Waals surface area contributed by atoms with Gasteiger partial charge in [-0.3, -0.25) is 9.59 Å². The first-order valence-electron chi connectivity index (χ1n) is 9.10. The van der Waals surface area contributed by atoms with Crippen LogP contribution >= 0.6 is 11.3 Å². The van der Waals surface area contributed by atoms with Crippen molar-refractivity contribution in [3.8, 4) is 10.6 Å². The molecule has 8 nitrogen and oxygen atoms in total. The first kappa shape index (κ1) is 21.9. The van der Waals surface area contributed by atoms with Gasteiger partial charge in [0.2, 0.25) is 15.9 Å². The third-order valence-electron chi connectivity index (χ3n) is 4.36. The van der Waals surface area contributed by atoms with Crippen molar-refractivity contribution in [2.24, 2.45) is 0 Å². The van der Waals surface area contributed by atoms with Crippen molar-refractivity contribution in [3.63, 3.8) is 0 Å². The minimum absolute atomic E-state index is 0.0145. The van der Waals surface area contributed by atoms with Gasteiger partial charge in [-0.05, 0) is 36.8 Å². The second-order valence-electron chi connectivity index (χ2n) is 6.80. The molecule has 0 aliphatic rings. The first-order valence-corrected chi connectivity index (χ1v) is 11.4. The van der Waals surface area contributed by atoms with Gasteiger partial charge in [0.25, 0.3) is 5.56 Å². The summed E-state index contributed by atoms with van der Waals surface area (Å²) < 4.78 is 27.2. The predicted octanol–water partition coefficient (Wildman–Crippen LogP) is 1.85. The number of amides is 1. The fourth-order valence-corrected chi connectivity index (χ4v) is 4.70. The van der Waals surface area contributed by atoms with E-state index in [0.717, 1.165) is 18.7 Å². The van der Waals surface area contributed by atoms with E-state index in [1.165, 1.54) is 26.2 Å². The number of benzene rings is 1. The Morgan fingerprint density at radius 2 is 1.87 bits per heavy atom. The van der Waals surface area contributed by atoms with Crippen LogP contribution in [0, 0.1) is 6.92 Å². The second-order valence-corrected chi connectivity index (χ2v) is 10.2. The van der Waals surface area contributed by atoms with E-state index in [0.29, 0.717) is 11.3 Å². The molecule has 1 aromatic carbocycles. The van der Waals surface area contributed by atoms with Crippen molar-refractivity contribution < 1.29 is 13.2 Å². The summed E-state index contributed by atoms with van der Waals surface area (Å²) in [5.74, 6) is -0.443. The quantitative estimate of drug-likeness (QED) is 0.597. The smallest absolute Gasteiger partial charge is 0.267 e. The fraction of sp³-hybridized carbons (Fsp3) is 0.250. The number of carbonyl (C=O) groups excluding carboxylic acids is 1. The number of sulfonamides is 1. The third-order valence-corrected chi connectivity index (χ3v) is 7.30. The van der Waals surface area contributed by atoms with Crippen molar-refractivity contribution >= 4 is 27.3 Å². The number of aromatic nitrogens is 2. The zero-order valence-corrected chi connectivity index (χ0v) is 18.5. The maximum absolute atomic E-state index is 12.5. The van der Waals surface area contributed by atoms with Crippen molar-refractivity contribution in [1.82, 2.24) is 19.4 Å². The molecule has 3 aromatic rings. The van der Waals surface area contributed by atoms with Crippen LogP contribution in [0.5, 0.6) is 0 Å². The van der Waals surface area contributed by atoms with Crippen LogP contribution in [0.15, 0.2) is 58.2 Å². The van der Waals surface area contributed by atoms with Crippen molar-refractivity contribution in [3.05, 3.63) is 69.3 Å². The summed E-state index contributed by atoms with van der Waals surface area (Å²) >= 11 is 1.55. The van der Waals surface area contributed by atoms with E-state index in [-0.39, 0.29) is 18.0 Å². The maximum Gasteiger partial charge on any atom is 0.267 e. The Bertz CT molecular complexity index is 1230. The minimum Gasteiger partial charge on any atom is -0.350 e. The SMILES string of the molecule is Cc1ccc(-c2ccc(=O)n(CC(=O)NCc3ccccc3S(=O)(=O)N(C)C)n2)s1. The Morgan fingerprint density at radius 3 is 2.53 bits per heavy atom. The topological polar surface area (TPSA) is 101 Å². The fourth-order valence-electron chi connectivity index (χ4n) is 2.75. The monoisotopic (exact) mass is 446 g/mol. The van der Waals surface area contributed by atoms with Crippen molar-refractivity contribution in [1.29, 1.82) is 0 Å². The van der Waals surface area contributed by atoms with E-state index < -0.39 is 21.5 Å². The van der Waals surface area contributed by atoms with Crippen LogP contribution in [0.25, 0.3) is 10.6 Å². The molecular weight excluding hydrogens is 424 g/mol. The highest BCUT2D eigenvalue weighted by Gasteiger charge is 2.21. The molecule has 0 aliphatic carbocycles. The Kier molecular flexibility index (Phi) is 6.49. The summed E-state index contributed by atoms with van der Waals surface area (Å²) in [7, 11) is -0.741. The highest BCUT2D eigenvalue weighted by molar-refractivity contribution is 7.89. The molecule has 0 aliphatic heterocycles. The largest absolute Gasteiger partial charge is 0.350 e. The van der Waals surface area contributed by atoms with Gasteiger partial charge in [0.05, 0.1) is 9.77 Å². The number of thiophene rings is 1. The minimum atomic E-state index is -3.64. The molecule has 0 unspecified atom stereocenters. The standard InChI is InChI=1S/C20H22N4O4S2/c1-14-8-10-17(29-14)16-9-11-20(26)24(22-16)13-19(25)21-12-15-6-4-5-7-18(15)30(27,28)23(2)3/h4-11H,12-13H2,1-3H3,(H,21,25). The molecule has 0 fully saturated rings. The van der Waals surface area contributed by atoms with Crippen LogP contribution in [0.1, 0.15) is 10.4 Å². The highest BCUT2D eigenvalue weighted by atomic mass is 32.2. The summed E-state index contributed by atoms with van der Waals surface area (Å²) in [6.45, 7) is 1.73. The lowest BCUT2D eigenvalue weighted by atomic mass is 10.2. The van der Waals surface area contributed by atoms with Gasteiger partial charge in [-0.2, -0.15) is 5.10 Å². The molecule has 10 heteroatoms. The Labute approximate surface area is 178 Å². The Balaban J connectivity index is 1.74. The lowest BCUT2D eigenvalue weighted by Crippen LogP contribution is -2.33. The van der Waals surface area contributed by atoms with E-state index in [9.17, 15) is 18.0 Å². The number of nitrogens with zero attached hydrogens (tertiary/aromatic N) is 3. The molecule has 0 saturated heterocycles. The van der Waals surface area contributed by atoms with Gasteiger partial charge >= 0.3 is 0 Å². The average Bonchev–Trinajstić information content (AvgIpc) is 3.14. The van der Waals surface area contributed by atoms with Gasteiger partial charge < -0.3 is 5.32 Å². The summed E-state index contributed by atoms with van der Waals surface area (Å²) in [6, 6.07) is 13.4. The summed E-state index contributed by atoms with van der Waals surface area (Å²) in [5.41, 5.74) is 0.684. The Hall–Kier alpha value is -2.82. The molecule has 0 bridgehead atoms. The molecule has 1 N–H and O–H groups in total. The third kappa shape index (κ3) is 4.84. The van der Waals surface area contributed by atoms with E-state index in [1.54, 1.807) is 35.6 Å². The van der Waals surface area contributed by atoms with Gasteiger partial charge in [-0.25, -0.2) is 17.4 Å². The molecule has 0 radical (unpaired) electrons. The van der Waals surface area contributed by atoms with Crippen LogP contribution in [0.3, 0.4) is 0 Å². The summed E-state index contributed by atoms with van der Waals surface area (Å²) in [5, 5.41) is 6.95. The second kappa shape index (κ2) is 8.90. The first-order chi connectivity index (χ1) is 14.2. The molecule has 3 rings (SSSR count). The average molecular weight is 447 g/mol. The highest BCUT2D eigenvalue weighted by Crippen LogP contribution is 2.25. The van der Waals surface area contributed by atoms with E-state index >= 15 is 0 Å². The normalized spacial score (nSPS) is 11.6. The van der Waals surface area contributed by atoms with Gasteiger partial charge in [0.15, 0.2) is 0 Å². The van der Waals surface area contributed by atoms with Gasteiger partial charge in [-0.1, -0.05) is 18.2 Å². The van der Waals surface area contributed by atoms with E-state index in [2.05, 4.69) is 10.4 Å².